The van der Waals surface area contributed by atoms with E-state index in [1.165, 1.54) is 6.20 Å². The van der Waals surface area contributed by atoms with Gasteiger partial charge in [0.05, 0.1) is 24.5 Å². The summed E-state index contributed by atoms with van der Waals surface area (Å²) in [6, 6.07) is 7.26. The minimum Gasteiger partial charge on any atom is -0.491 e. The lowest BCUT2D eigenvalue weighted by Crippen LogP contribution is -2.39. The number of nitrogens with zero attached hydrogens (tertiary/aromatic N) is 3. The van der Waals surface area contributed by atoms with Crippen molar-refractivity contribution in [1.29, 1.82) is 0 Å². The number of amides is 1. The van der Waals surface area contributed by atoms with Gasteiger partial charge in [0.2, 0.25) is 0 Å². The predicted octanol–water partition coefficient (Wildman–Crippen LogP) is 2.39. The van der Waals surface area contributed by atoms with Gasteiger partial charge in [0.25, 0.3) is 5.91 Å². The molecule has 0 atom stereocenters. The third kappa shape index (κ3) is 4.33. The maximum atomic E-state index is 12.8. The number of likely N-dealkylation sites (tertiary alicyclic amines) is 1. The monoisotopic (exact) mass is 387 g/mol. The number of hydrogen-bond acceptors (Lipinski definition) is 5. The number of benzene rings is 1. The molecule has 0 radical (unpaired) electrons. The fraction of sp³-hybridized carbons (Fsp3) is 0.450. The number of methoxy groups -OCH3 is 1. The number of aromatic nitrogens is 2. The average Bonchev–Trinajstić information content (AvgIpc) is 3.10. The van der Waals surface area contributed by atoms with Crippen molar-refractivity contribution in [2.75, 3.05) is 33.4 Å². The van der Waals surface area contributed by atoms with Crippen LogP contribution in [0, 0.1) is 6.92 Å². The van der Waals surface area contributed by atoms with Crippen LogP contribution in [0.3, 0.4) is 0 Å². The average molecular weight is 387 g/mol. The van der Waals surface area contributed by atoms with E-state index in [1.807, 2.05) is 17.0 Å². The van der Waals surface area contributed by atoms with E-state index >= 15 is 0 Å². The maximum Gasteiger partial charge on any atom is 0.339 e. The van der Waals surface area contributed by atoms with Crippen molar-refractivity contribution in [3.63, 3.8) is 0 Å². The van der Waals surface area contributed by atoms with Crippen molar-refractivity contribution in [2.45, 2.75) is 25.8 Å². The summed E-state index contributed by atoms with van der Waals surface area (Å²) in [6.45, 7) is 3.88. The summed E-state index contributed by atoms with van der Waals surface area (Å²) in [5, 5.41) is 13.4. The van der Waals surface area contributed by atoms with E-state index in [0.717, 1.165) is 12.8 Å². The molecule has 3 rings (SSSR count). The number of ether oxygens (including phenoxy) is 2. The number of carboxylic acid groups (broad SMARTS) is 1. The zero-order valence-corrected chi connectivity index (χ0v) is 16.1. The number of carbonyl (C=O) groups is 2. The number of aromatic carboxylic acids is 1. The number of hydrogen-bond donors (Lipinski definition) is 1. The summed E-state index contributed by atoms with van der Waals surface area (Å²) in [7, 11) is 1.61. The summed E-state index contributed by atoms with van der Waals surface area (Å²) in [5.74, 6) is -0.353. The molecule has 0 unspecified atom stereocenters. The van der Waals surface area contributed by atoms with Crippen molar-refractivity contribution >= 4 is 11.9 Å². The molecular formula is C20H25N3O5. The molecule has 1 amide bonds. The van der Waals surface area contributed by atoms with E-state index in [9.17, 15) is 14.7 Å². The van der Waals surface area contributed by atoms with Gasteiger partial charge in [-0.05, 0) is 38.0 Å². The third-order valence-electron chi connectivity index (χ3n) is 5.01. The van der Waals surface area contributed by atoms with Gasteiger partial charge in [0, 0.05) is 25.8 Å². The van der Waals surface area contributed by atoms with Crippen LogP contribution in [0.5, 0.6) is 5.75 Å². The SMILES string of the molecule is COCCOc1cccc(C(=O)N2CCC(n3ncc(C(=O)O)c3C)CC2)c1. The molecule has 1 fully saturated rings. The zero-order chi connectivity index (χ0) is 20.1. The molecule has 0 spiro atoms. The second-order valence-corrected chi connectivity index (χ2v) is 6.79. The molecule has 2 aromatic rings. The molecule has 28 heavy (non-hydrogen) atoms. The van der Waals surface area contributed by atoms with Crippen LogP contribution in [-0.4, -0.2) is 65.1 Å². The normalized spacial score (nSPS) is 14.9. The molecule has 0 bridgehead atoms. The fourth-order valence-electron chi connectivity index (χ4n) is 3.46. The van der Waals surface area contributed by atoms with Crippen molar-refractivity contribution < 1.29 is 24.2 Å². The van der Waals surface area contributed by atoms with Crippen LogP contribution in [0.2, 0.25) is 0 Å². The summed E-state index contributed by atoms with van der Waals surface area (Å²) in [5.41, 5.74) is 1.47. The quantitative estimate of drug-likeness (QED) is 0.733. The van der Waals surface area contributed by atoms with Crippen molar-refractivity contribution in [2.24, 2.45) is 0 Å². The zero-order valence-electron chi connectivity index (χ0n) is 16.1. The summed E-state index contributed by atoms with van der Waals surface area (Å²) in [4.78, 5) is 25.9. The lowest BCUT2D eigenvalue weighted by molar-refractivity contribution is 0.0687. The molecule has 0 aliphatic carbocycles. The highest BCUT2D eigenvalue weighted by Gasteiger charge is 2.27. The van der Waals surface area contributed by atoms with Gasteiger partial charge in [-0.1, -0.05) is 6.07 Å². The molecule has 1 aliphatic heterocycles. The predicted molar refractivity (Wildman–Crippen MR) is 102 cm³/mol. The Morgan fingerprint density at radius 3 is 2.64 bits per heavy atom. The first-order chi connectivity index (χ1) is 13.5. The highest BCUT2D eigenvalue weighted by atomic mass is 16.5. The molecule has 8 heteroatoms. The van der Waals surface area contributed by atoms with E-state index in [1.54, 1.807) is 30.8 Å². The Morgan fingerprint density at radius 2 is 2.00 bits per heavy atom. The van der Waals surface area contributed by atoms with E-state index in [0.29, 0.717) is 43.3 Å². The Bertz CT molecular complexity index is 840. The highest BCUT2D eigenvalue weighted by Crippen LogP contribution is 2.26. The standard InChI is InChI=1S/C20H25N3O5/c1-14-18(20(25)26)13-21-23(14)16-6-8-22(9-7-16)19(24)15-4-3-5-17(12-15)28-11-10-27-2/h3-5,12-13,16H,6-11H2,1-2H3,(H,25,26). The summed E-state index contributed by atoms with van der Waals surface area (Å²) < 4.78 is 12.3. The van der Waals surface area contributed by atoms with Crippen LogP contribution in [0.15, 0.2) is 30.5 Å². The molecule has 8 nitrogen and oxygen atoms in total. The van der Waals surface area contributed by atoms with Gasteiger partial charge in [-0.2, -0.15) is 5.10 Å². The lowest BCUT2D eigenvalue weighted by Gasteiger charge is -2.32. The second-order valence-electron chi connectivity index (χ2n) is 6.79. The maximum absolute atomic E-state index is 12.8. The van der Waals surface area contributed by atoms with E-state index in [2.05, 4.69) is 5.10 Å². The van der Waals surface area contributed by atoms with E-state index in [4.69, 9.17) is 9.47 Å². The Balaban J connectivity index is 1.61. The van der Waals surface area contributed by atoms with Crippen molar-refractivity contribution in [3.05, 3.63) is 47.3 Å². The Kier molecular flexibility index (Phi) is 6.30. The van der Waals surface area contributed by atoms with Gasteiger partial charge in [-0.25, -0.2) is 4.79 Å². The van der Waals surface area contributed by atoms with Crippen molar-refractivity contribution in [3.8, 4) is 5.75 Å². The first-order valence-corrected chi connectivity index (χ1v) is 9.29. The van der Waals surface area contributed by atoms with Crippen LogP contribution >= 0.6 is 0 Å². The van der Waals surface area contributed by atoms with Gasteiger partial charge in [-0.3, -0.25) is 9.48 Å². The molecule has 1 aromatic carbocycles. The Labute approximate surface area is 163 Å². The molecule has 2 heterocycles. The molecule has 150 valence electrons. The molecule has 1 N–H and O–H groups in total. The topological polar surface area (TPSA) is 93.9 Å². The fourth-order valence-corrected chi connectivity index (χ4v) is 3.46. The van der Waals surface area contributed by atoms with Crippen LogP contribution in [-0.2, 0) is 4.74 Å². The van der Waals surface area contributed by atoms with Crippen LogP contribution in [0.4, 0.5) is 0 Å². The van der Waals surface area contributed by atoms with Crippen molar-refractivity contribution in [1.82, 2.24) is 14.7 Å². The summed E-state index contributed by atoms with van der Waals surface area (Å²) in [6.07, 6.45) is 2.86. The minimum absolute atomic E-state index is 0.0287. The highest BCUT2D eigenvalue weighted by molar-refractivity contribution is 5.94. The largest absolute Gasteiger partial charge is 0.491 e. The van der Waals surface area contributed by atoms with Gasteiger partial charge in [-0.15, -0.1) is 0 Å². The number of rotatable bonds is 7. The van der Waals surface area contributed by atoms with Gasteiger partial charge < -0.3 is 19.5 Å². The molecule has 1 aliphatic rings. The molecule has 0 saturated carbocycles. The van der Waals surface area contributed by atoms with Crippen LogP contribution in [0.1, 0.15) is 45.3 Å². The Morgan fingerprint density at radius 1 is 1.25 bits per heavy atom. The summed E-state index contributed by atoms with van der Waals surface area (Å²) >= 11 is 0. The van der Waals surface area contributed by atoms with Crippen LogP contribution < -0.4 is 4.74 Å². The number of piperidine rings is 1. The molecule has 1 aromatic heterocycles. The van der Waals surface area contributed by atoms with Crippen LogP contribution in [0.25, 0.3) is 0 Å². The van der Waals surface area contributed by atoms with Gasteiger partial charge in [0.1, 0.15) is 17.9 Å². The first kappa shape index (κ1) is 19.9. The van der Waals surface area contributed by atoms with E-state index in [-0.39, 0.29) is 17.5 Å². The minimum atomic E-state index is -0.969. The van der Waals surface area contributed by atoms with Gasteiger partial charge >= 0.3 is 5.97 Å². The number of carboxylic acids is 1. The smallest absolute Gasteiger partial charge is 0.339 e. The third-order valence-corrected chi connectivity index (χ3v) is 5.01. The number of carbonyl (C=O) groups excluding carboxylic acids is 1. The lowest BCUT2D eigenvalue weighted by atomic mass is 10.0. The molecule has 1 saturated heterocycles. The Hall–Kier alpha value is -2.87. The first-order valence-electron chi connectivity index (χ1n) is 9.29. The molecular weight excluding hydrogens is 362 g/mol. The van der Waals surface area contributed by atoms with Gasteiger partial charge in [0.15, 0.2) is 0 Å². The van der Waals surface area contributed by atoms with E-state index < -0.39 is 5.97 Å². The second kappa shape index (κ2) is 8.88.